The van der Waals surface area contributed by atoms with Gasteiger partial charge in [-0.05, 0) is 100 Å². The predicted octanol–water partition coefficient (Wildman–Crippen LogP) is 5.25. The van der Waals surface area contributed by atoms with Gasteiger partial charge in [0.15, 0.2) is 0 Å². The number of nitrogens with one attached hydrogen (secondary N) is 1. The smallest absolute Gasteiger partial charge is 0.335 e. The Labute approximate surface area is 287 Å². The van der Waals surface area contributed by atoms with Gasteiger partial charge >= 0.3 is 5.97 Å². The third kappa shape index (κ3) is 10.5. The topological polar surface area (TPSA) is 146 Å². The summed E-state index contributed by atoms with van der Waals surface area (Å²) in [5, 5.41) is 19.4. The van der Waals surface area contributed by atoms with Crippen LogP contribution in [0.1, 0.15) is 66.3 Å². The zero-order valence-corrected chi connectivity index (χ0v) is 29.2. The van der Waals surface area contributed by atoms with Gasteiger partial charge in [-0.3, -0.25) is 14.4 Å². The Hall–Kier alpha value is -4.04. The third-order valence-corrected chi connectivity index (χ3v) is 9.97. The number of anilines is 1. The van der Waals surface area contributed by atoms with Gasteiger partial charge in [0.2, 0.25) is 0 Å². The van der Waals surface area contributed by atoms with Gasteiger partial charge in [-0.25, -0.2) is 17.6 Å². The minimum absolute atomic E-state index is 0.123. The van der Waals surface area contributed by atoms with Crippen molar-refractivity contribution in [2.75, 3.05) is 38.1 Å². The number of amides is 1. The van der Waals surface area contributed by atoms with Gasteiger partial charge in [0.05, 0.1) is 40.9 Å². The summed E-state index contributed by atoms with van der Waals surface area (Å²) in [6.07, 6.45) is 1.77. The quantitative estimate of drug-likeness (QED) is 0.258. The van der Waals surface area contributed by atoms with Crippen LogP contribution in [0.5, 0.6) is 5.75 Å². The molecule has 13 heteroatoms. The van der Waals surface area contributed by atoms with Gasteiger partial charge < -0.3 is 24.6 Å². The molecule has 11 nitrogen and oxygen atoms in total. The average molecular weight is 700 g/mol. The van der Waals surface area contributed by atoms with E-state index in [-0.39, 0.29) is 53.0 Å². The second kappa shape index (κ2) is 17.1. The van der Waals surface area contributed by atoms with Crippen LogP contribution in [0.15, 0.2) is 71.6 Å². The van der Waals surface area contributed by atoms with E-state index in [2.05, 4.69) is 9.62 Å². The fourth-order valence-corrected chi connectivity index (χ4v) is 6.76. The van der Waals surface area contributed by atoms with E-state index < -0.39 is 33.8 Å². The van der Waals surface area contributed by atoms with E-state index in [1.165, 1.54) is 12.1 Å². The molecular weight excluding hydrogens is 653 g/mol. The first-order valence-electron chi connectivity index (χ1n) is 16.4. The Kier molecular flexibility index (Phi) is 13.2. The van der Waals surface area contributed by atoms with Gasteiger partial charge in [-0.2, -0.15) is 0 Å². The number of nitrogens with zero attached hydrogens (tertiary/aromatic N) is 2. The molecule has 3 aromatic carbocycles. The maximum absolute atomic E-state index is 14.4. The number of aliphatic hydroxyl groups excluding tert-OH is 1. The number of benzene rings is 3. The number of aromatic carboxylic acids is 1. The maximum atomic E-state index is 14.4. The Balaban J connectivity index is 1.62. The third-order valence-electron chi connectivity index (χ3n) is 8.57. The summed E-state index contributed by atoms with van der Waals surface area (Å²) in [5.74, 6) is -1.88. The number of ether oxygens (including phenoxy) is 2. The SMILES string of the molecule is C[C@H]1CCCCO[C@@H](CN(C)Cc2ccc(C(=O)O)cc2)[C@@H](C)CN([C@@H](C)CO)C(=O)c2cc(NS(=O)(=O)c3ccc(F)cc3)ccc2O1. The maximum Gasteiger partial charge on any atom is 0.335 e. The first kappa shape index (κ1) is 37.8. The van der Waals surface area contributed by atoms with Crippen molar-refractivity contribution in [3.8, 4) is 5.75 Å². The largest absolute Gasteiger partial charge is 0.490 e. The number of halogens is 1. The van der Waals surface area contributed by atoms with Crippen LogP contribution < -0.4 is 9.46 Å². The zero-order valence-electron chi connectivity index (χ0n) is 28.3. The van der Waals surface area contributed by atoms with Crippen LogP contribution in [0.25, 0.3) is 0 Å². The second-order valence-corrected chi connectivity index (χ2v) is 14.5. The number of carbonyl (C=O) groups is 2. The molecule has 266 valence electrons. The Morgan fingerprint density at radius 2 is 1.78 bits per heavy atom. The number of sulfonamides is 1. The average Bonchev–Trinajstić information content (AvgIpc) is 3.06. The van der Waals surface area contributed by atoms with Gasteiger partial charge in [0.25, 0.3) is 15.9 Å². The lowest BCUT2D eigenvalue weighted by molar-refractivity contribution is -0.0177. The number of carboxylic acids is 1. The fourth-order valence-electron chi connectivity index (χ4n) is 5.71. The number of aliphatic hydroxyl groups is 1. The summed E-state index contributed by atoms with van der Waals surface area (Å²) in [7, 11) is -2.14. The number of carbonyl (C=O) groups excluding carboxylic acids is 1. The standard InChI is InChI=1S/C36H46FN3O8S/c1-24-20-40(25(2)23-41)35(42)32-19-30(38-49(45,46)31-15-12-29(37)13-16-31)14-17-33(32)48-26(3)7-5-6-18-47-34(24)22-39(4)21-27-8-10-28(11-9-27)36(43)44/h8-17,19,24-26,34,38,41H,5-7,18,20-23H2,1-4H3,(H,43,44)/t24-,25-,26-,34-/m0/s1. The van der Waals surface area contributed by atoms with Crippen LogP contribution in [0.4, 0.5) is 10.1 Å². The highest BCUT2D eigenvalue weighted by atomic mass is 32.2. The van der Waals surface area contributed by atoms with Crippen LogP contribution in [0, 0.1) is 11.7 Å². The number of carboxylic acid groups (broad SMARTS) is 1. The second-order valence-electron chi connectivity index (χ2n) is 12.8. The number of fused-ring (bicyclic) bond motifs is 1. The highest BCUT2D eigenvalue weighted by Crippen LogP contribution is 2.29. The molecule has 0 saturated carbocycles. The summed E-state index contributed by atoms with van der Waals surface area (Å²) < 4.78 is 54.8. The molecule has 49 heavy (non-hydrogen) atoms. The number of hydrogen-bond acceptors (Lipinski definition) is 8. The van der Waals surface area contributed by atoms with E-state index in [9.17, 15) is 32.6 Å². The van der Waals surface area contributed by atoms with E-state index in [0.29, 0.717) is 31.9 Å². The molecule has 0 bridgehead atoms. The molecule has 3 aromatic rings. The first-order chi connectivity index (χ1) is 23.3. The van der Waals surface area contributed by atoms with Crippen LogP contribution in [0.2, 0.25) is 0 Å². The van der Waals surface area contributed by atoms with Crippen molar-refractivity contribution in [3.05, 3.63) is 89.2 Å². The summed E-state index contributed by atoms with van der Waals surface area (Å²) >= 11 is 0. The van der Waals surface area contributed by atoms with Crippen molar-refractivity contribution >= 4 is 27.6 Å². The number of likely N-dealkylation sites (N-methyl/N-ethyl adjacent to an activating group) is 1. The summed E-state index contributed by atoms with van der Waals surface area (Å²) in [4.78, 5) is 29.1. The molecule has 3 N–H and O–H groups in total. The molecule has 0 saturated heterocycles. The number of rotatable bonds is 10. The van der Waals surface area contributed by atoms with Crippen LogP contribution in [-0.4, -0.2) is 91.9 Å². The van der Waals surface area contributed by atoms with Crippen molar-refractivity contribution in [2.24, 2.45) is 5.92 Å². The Morgan fingerprint density at radius 3 is 2.43 bits per heavy atom. The molecule has 1 aliphatic rings. The van der Waals surface area contributed by atoms with Crippen molar-refractivity contribution in [2.45, 2.75) is 69.7 Å². The summed E-state index contributed by atoms with van der Waals surface area (Å²) in [6.45, 7) is 7.16. The van der Waals surface area contributed by atoms with E-state index in [1.807, 2.05) is 20.9 Å². The molecule has 4 rings (SSSR count). The van der Waals surface area contributed by atoms with E-state index >= 15 is 0 Å². The molecule has 0 unspecified atom stereocenters. The van der Waals surface area contributed by atoms with Crippen molar-refractivity contribution in [1.29, 1.82) is 0 Å². The highest BCUT2D eigenvalue weighted by Gasteiger charge is 2.31. The van der Waals surface area contributed by atoms with Crippen molar-refractivity contribution in [3.63, 3.8) is 0 Å². The fraction of sp³-hybridized carbons (Fsp3) is 0.444. The minimum atomic E-state index is -4.09. The molecule has 1 aliphatic heterocycles. The molecule has 4 atom stereocenters. The lowest BCUT2D eigenvalue weighted by Crippen LogP contribution is -2.47. The zero-order chi connectivity index (χ0) is 35.7. The van der Waals surface area contributed by atoms with Crippen molar-refractivity contribution in [1.82, 2.24) is 9.80 Å². The molecule has 0 spiro atoms. The van der Waals surface area contributed by atoms with Gasteiger partial charge in [-0.1, -0.05) is 19.1 Å². The van der Waals surface area contributed by atoms with Crippen LogP contribution >= 0.6 is 0 Å². The molecular formula is C36H46FN3O8S. The molecule has 0 aliphatic carbocycles. The summed E-state index contributed by atoms with van der Waals surface area (Å²) in [5.41, 5.74) is 1.42. The molecule has 0 fully saturated rings. The van der Waals surface area contributed by atoms with Gasteiger partial charge in [0.1, 0.15) is 11.6 Å². The summed E-state index contributed by atoms with van der Waals surface area (Å²) in [6, 6.07) is 15.1. The first-order valence-corrected chi connectivity index (χ1v) is 17.9. The van der Waals surface area contributed by atoms with Gasteiger partial charge in [-0.15, -0.1) is 0 Å². The van der Waals surface area contributed by atoms with E-state index in [1.54, 1.807) is 42.2 Å². The van der Waals surface area contributed by atoms with Gasteiger partial charge in [0, 0.05) is 37.8 Å². The Bertz CT molecular complexity index is 1670. The predicted molar refractivity (Wildman–Crippen MR) is 184 cm³/mol. The Morgan fingerprint density at radius 1 is 1.08 bits per heavy atom. The normalized spacial score (nSPS) is 20.2. The molecule has 0 radical (unpaired) electrons. The molecule has 0 aromatic heterocycles. The number of hydrogen-bond donors (Lipinski definition) is 3. The van der Waals surface area contributed by atoms with Crippen LogP contribution in [0.3, 0.4) is 0 Å². The van der Waals surface area contributed by atoms with Crippen LogP contribution in [-0.2, 0) is 21.3 Å². The van der Waals surface area contributed by atoms with Crippen molar-refractivity contribution < 1.29 is 42.1 Å². The lowest BCUT2D eigenvalue weighted by Gasteiger charge is -2.36. The van der Waals surface area contributed by atoms with E-state index in [0.717, 1.165) is 42.7 Å². The van der Waals surface area contributed by atoms with E-state index in [4.69, 9.17) is 9.47 Å². The minimum Gasteiger partial charge on any atom is -0.490 e. The highest BCUT2D eigenvalue weighted by molar-refractivity contribution is 7.92. The molecule has 1 heterocycles. The molecule has 1 amide bonds. The monoisotopic (exact) mass is 699 g/mol. The lowest BCUT2D eigenvalue weighted by atomic mass is 10.0.